The van der Waals surface area contributed by atoms with Gasteiger partial charge >= 0.3 is 6.18 Å². The Morgan fingerprint density at radius 3 is 2.61 bits per heavy atom. The normalized spacial score (nSPS) is 12.4. The molecule has 0 radical (unpaired) electrons. The van der Waals surface area contributed by atoms with Crippen LogP contribution in [-0.4, -0.2) is 45.0 Å². The molecule has 2 N–H and O–H groups in total. The van der Waals surface area contributed by atoms with Crippen molar-refractivity contribution >= 4 is 22.9 Å². The van der Waals surface area contributed by atoms with Crippen molar-refractivity contribution in [2.24, 2.45) is 0 Å². The predicted octanol–water partition coefficient (Wildman–Crippen LogP) is 5.07. The van der Waals surface area contributed by atoms with Crippen LogP contribution in [0.4, 0.5) is 27.9 Å². The van der Waals surface area contributed by atoms with Crippen LogP contribution < -0.4 is 10.6 Å². The summed E-state index contributed by atoms with van der Waals surface area (Å²) in [7, 11) is 0. The highest BCUT2D eigenvalue weighted by Crippen LogP contribution is 2.27. The Kier molecular flexibility index (Phi) is 7.29. The van der Waals surface area contributed by atoms with Crippen molar-refractivity contribution in [1.29, 1.82) is 0 Å². The molecule has 176 valence electrons. The fraction of sp³-hybridized carbons (Fsp3) is 0.318. The summed E-state index contributed by atoms with van der Waals surface area (Å²) in [6.45, 7) is 6.56. The minimum absolute atomic E-state index is 0.115. The zero-order valence-electron chi connectivity index (χ0n) is 18.0. The van der Waals surface area contributed by atoms with E-state index in [1.807, 2.05) is 19.1 Å². The third-order valence-corrected chi connectivity index (χ3v) is 4.85. The number of halogens is 5. The van der Waals surface area contributed by atoms with Crippen LogP contribution in [0.1, 0.15) is 35.9 Å². The highest BCUT2D eigenvalue weighted by Gasteiger charge is 2.26. The fourth-order valence-electron chi connectivity index (χ4n) is 3.26. The van der Waals surface area contributed by atoms with Gasteiger partial charge in [-0.2, -0.15) is 13.2 Å². The van der Waals surface area contributed by atoms with Crippen LogP contribution in [0.2, 0.25) is 0 Å². The number of pyridine rings is 1. The van der Waals surface area contributed by atoms with E-state index in [0.717, 1.165) is 11.1 Å². The van der Waals surface area contributed by atoms with E-state index in [4.69, 9.17) is 0 Å². The van der Waals surface area contributed by atoms with Gasteiger partial charge in [-0.05, 0) is 37.1 Å². The maximum atomic E-state index is 12.5. The topological polar surface area (TPSA) is 67.1 Å². The van der Waals surface area contributed by atoms with E-state index < -0.39 is 25.6 Å². The SMILES string of the molecule is C=C(NCC(F)F)c1cnc2ccc(/C(=C/C)c3cnc(NCCC(F)(F)F)nc3C)cn12. The maximum Gasteiger partial charge on any atom is 0.390 e. The molecule has 0 fully saturated rings. The quantitative estimate of drug-likeness (QED) is 0.431. The summed E-state index contributed by atoms with van der Waals surface area (Å²) >= 11 is 0. The fourth-order valence-corrected chi connectivity index (χ4v) is 3.26. The van der Waals surface area contributed by atoms with Crippen LogP contribution in [0.15, 0.2) is 43.4 Å². The molecule has 0 saturated heterocycles. The molecule has 0 aliphatic rings. The van der Waals surface area contributed by atoms with Gasteiger partial charge in [-0.15, -0.1) is 0 Å². The molecule has 11 heteroatoms. The van der Waals surface area contributed by atoms with Gasteiger partial charge in [0, 0.05) is 24.5 Å². The standard InChI is InChI=1S/C22H23F5N6/c1-4-16(17-9-31-21(32-13(17)2)28-8-7-22(25,26)27)15-5-6-20-30-10-18(33(20)12-15)14(3)29-11-19(23)24/h4-6,9-10,12,19,29H,3,7-8,11H2,1-2H3,(H,28,31,32)/b16-4-. The van der Waals surface area contributed by atoms with Gasteiger partial charge in [0.15, 0.2) is 0 Å². The van der Waals surface area contributed by atoms with Gasteiger partial charge < -0.3 is 10.6 Å². The molecule has 0 atom stereocenters. The highest BCUT2D eigenvalue weighted by atomic mass is 19.4. The van der Waals surface area contributed by atoms with Crippen LogP contribution in [0.25, 0.3) is 16.9 Å². The molecule has 3 heterocycles. The summed E-state index contributed by atoms with van der Waals surface area (Å²) in [5, 5.41) is 5.18. The van der Waals surface area contributed by atoms with E-state index in [9.17, 15) is 22.0 Å². The Labute approximate surface area is 187 Å². The number of aryl methyl sites for hydroxylation is 1. The lowest BCUT2D eigenvalue weighted by atomic mass is 9.99. The number of hydrogen-bond donors (Lipinski definition) is 2. The molecule has 3 rings (SSSR count). The van der Waals surface area contributed by atoms with Gasteiger partial charge in [0.2, 0.25) is 5.95 Å². The Balaban J connectivity index is 1.86. The lowest BCUT2D eigenvalue weighted by molar-refractivity contribution is -0.131. The molecule has 0 bridgehead atoms. The van der Waals surface area contributed by atoms with Crippen LogP contribution in [0.5, 0.6) is 0 Å². The summed E-state index contributed by atoms with van der Waals surface area (Å²) in [4.78, 5) is 12.7. The average Bonchev–Trinajstić information content (AvgIpc) is 3.16. The molecule has 3 aromatic rings. The van der Waals surface area contributed by atoms with E-state index in [0.29, 0.717) is 28.3 Å². The van der Waals surface area contributed by atoms with Crippen molar-refractivity contribution in [2.75, 3.05) is 18.4 Å². The Bertz CT molecular complexity index is 1170. The Hall–Kier alpha value is -3.50. The van der Waals surface area contributed by atoms with Crippen molar-refractivity contribution in [3.05, 3.63) is 65.9 Å². The number of nitrogens with zero attached hydrogens (tertiary/aromatic N) is 4. The Morgan fingerprint density at radius 1 is 1.21 bits per heavy atom. The lowest BCUT2D eigenvalue weighted by Crippen LogP contribution is -2.19. The van der Waals surface area contributed by atoms with Crippen LogP contribution in [0, 0.1) is 6.92 Å². The summed E-state index contributed by atoms with van der Waals surface area (Å²) in [6, 6.07) is 3.64. The van der Waals surface area contributed by atoms with Crippen molar-refractivity contribution in [2.45, 2.75) is 32.9 Å². The van der Waals surface area contributed by atoms with Crippen LogP contribution in [0.3, 0.4) is 0 Å². The molecule has 0 saturated carbocycles. The lowest BCUT2D eigenvalue weighted by Gasteiger charge is -2.14. The second kappa shape index (κ2) is 9.97. The summed E-state index contributed by atoms with van der Waals surface area (Å²) in [6.07, 6.45) is -0.991. The zero-order chi connectivity index (χ0) is 24.2. The average molecular weight is 466 g/mol. The zero-order valence-corrected chi connectivity index (χ0v) is 18.0. The molecule has 3 aromatic heterocycles. The number of aromatic nitrogens is 4. The number of rotatable bonds is 9. The molecule has 0 spiro atoms. The molecule has 33 heavy (non-hydrogen) atoms. The third kappa shape index (κ3) is 6.05. The smallest absolute Gasteiger partial charge is 0.378 e. The first-order valence-electron chi connectivity index (χ1n) is 10.1. The number of alkyl halides is 5. The van der Waals surface area contributed by atoms with Crippen molar-refractivity contribution in [3.8, 4) is 0 Å². The summed E-state index contributed by atoms with van der Waals surface area (Å²) in [5.74, 6) is 0.115. The van der Waals surface area contributed by atoms with Crippen molar-refractivity contribution < 1.29 is 22.0 Å². The van der Waals surface area contributed by atoms with Gasteiger partial charge in [0.1, 0.15) is 5.65 Å². The second-order valence-corrected chi connectivity index (χ2v) is 7.23. The molecule has 0 aromatic carbocycles. The first-order chi connectivity index (χ1) is 15.6. The second-order valence-electron chi connectivity index (χ2n) is 7.23. The van der Waals surface area contributed by atoms with Crippen molar-refractivity contribution in [1.82, 2.24) is 24.7 Å². The number of allylic oxidation sites excluding steroid dienone is 1. The molecule has 0 aliphatic heterocycles. The molecular weight excluding hydrogens is 443 g/mol. The minimum Gasteiger partial charge on any atom is -0.378 e. The van der Waals surface area contributed by atoms with E-state index in [2.05, 4.69) is 32.2 Å². The Morgan fingerprint density at radius 2 is 1.97 bits per heavy atom. The maximum absolute atomic E-state index is 12.5. The molecule has 6 nitrogen and oxygen atoms in total. The van der Waals surface area contributed by atoms with Gasteiger partial charge in [-0.1, -0.05) is 12.7 Å². The largest absolute Gasteiger partial charge is 0.390 e. The molecule has 0 unspecified atom stereocenters. The number of imidazole rings is 1. The van der Waals surface area contributed by atoms with E-state index >= 15 is 0 Å². The first kappa shape index (κ1) is 24.1. The van der Waals surface area contributed by atoms with E-state index in [1.165, 1.54) is 0 Å². The predicted molar refractivity (Wildman–Crippen MR) is 117 cm³/mol. The van der Waals surface area contributed by atoms with Crippen molar-refractivity contribution in [3.63, 3.8) is 0 Å². The highest BCUT2D eigenvalue weighted by molar-refractivity contribution is 5.81. The molecule has 0 aliphatic carbocycles. The molecule has 0 amide bonds. The number of nitrogens with one attached hydrogen (secondary N) is 2. The van der Waals surface area contributed by atoms with Gasteiger partial charge in [0.05, 0.1) is 36.2 Å². The minimum atomic E-state index is -4.26. The number of fused-ring (bicyclic) bond motifs is 1. The third-order valence-electron chi connectivity index (χ3n) is 4.85. The van der Waals surface area contributed by atoms with Crippen LogP contribution in [-0.2, 0) is 0 Å². The monoisotopic (exact) mass is 466 g/mol. The summed E-state index contributed by atoms with van der Waals surface area (Å²) in [5.41, 5.74) is 4.34. The number of hydrogen-bond acceptors (Lipinski definition) is 5. The van der Waals surface area contributed by atoms with Gasteiger partial charge in [-0.25, -0.2) is 23.7 Å². The summed E-state index contributed by atoms with van der Waals surface area (Å²) < 4.78 is 63.9. The van der Waals surface area contributed by atoms with Gasteiger partial charge in [-0.3, -0.25) is 4.40 Å². The van der Waals surface area contributed by atoms with Crippen LogP contribution >= 0.6 is 0 Å². The number of anilines is 1. The van der Waals surface area contributed by atoms with E-state index in [-0.39, 0.29) is 12.5 Å². The molecular formula is C22H23F5N6. The first-order valence-corrected chi connectivity index (χ1v) is 10.1. The van der Waals surface area contributed by atoms with Gasteiger partial charge in [0.25, 0.3) is 6.43 Å². The van der Waals surface area contributed by atoms with E-state index in [1.54, 1.807) is 36.0 Å².